The van der Waals surface area contributed by atoms with Crippen LogP contribution in [0.3, 0.4) is 0 Å². The first-order valence-electron chi connectivity index (χ1n) is 10.0. The average Bonchev–Trinajstić information content (AvgIpc) is 2.82. The Morgan fingerprint density at radius 2 is 2.06 bits per heavy atom. The molecule has 8 nitrogen and oxygen atoms in total. The Morgan fingerprint density at radius 3 is 2.84 bits per heavy atom. The number of anilines is 3. The molecule has 3 aromatic rings. The molecule has 2 aromatic heterocycles. The molecule has 0 amide bonds. The molecule has 0 aliphatic carbocycles. The molecule has 0 radical (unpaired) electrons. The molecule has 1 N–H and O–H groups in total. The van der Waals surface area contributed by atoms with Crippen molar-refractivity contribution in [1.29, 1.82) is 0 Å². The number of hydrogen-bond donors (Lipinski definition) is 1. The molecule has 1 aromatic carbocycles. The summed E-state index contributed by atoms with van der Waals surface area (Å²) in [6, 6.07) is 10.2. The predicted molar refractivity (Wildman–Crippen MR) is 126 cm³/mol. The van der Waals surface area contributed by atoms with Crippen LogP contribution in [-0.2, 0) is 20.8 Å². The van der Waals surface area contributed by atoms with Gasteiger partial charge in [-0.25, -0.2) is 15.0 Å². The summed E-state index contributed by atoms with van der Waals surface area (Å²) < 4.78 is 10.4. The number of carbonyl (C=O) groups is 1. The smallest absolute Gasteiger partial charge is 0.316 e. The molecule has 166 valence electrons. The van der Waals surface area contributed by atoms with Gasteiger partial charge in [-0.05, 0) is 36.8 Å². The van der Waals surface area contributed by atoms with Gasteiger partial charge in [0.1, 0.15) is 11.8 Å². The number of methoxy groups -OCH3 is 1. The molecule has 0 saturated carbocycles. The number of ether oxygens (including phenoxy) is 2. The van der Waals surface area contributed by atoms with Crippen LogP contribution >= 0.6 is 23.5 Å². The summed E-state index contributed by atoms with van der Waals surface area (Å²) in [5, 5.41) is 5.05. The lowest BCUT2D eigenvalue weighted by Gasteiger charge is -2.30. The molecule has 0 spiro atoms. The van der Waals surface area contributed by atoms with E-state index in [0.29, 0.717) is 19.9 Å². The molecule has 0 unspecified atom stereocenters. The topological polar surface area (TPSA) is 89.5 Å². The SMILES string of the molecule is CCOC(=O)CSc1ccc(NCc2ccc3c(c2)N(COC)c2nccnc2S3)cn1. The van der Waals surface area contributed by atoms with Crippen molar-refractivity contribution >= 4 is 46.7 Å². The molecule has 10 heteroatoms. The lowest BCUT2D eigenvalue weighted by Crippen LogP contribution is -2.24. The summed E-state index contributed by atoms with van der Waals surface area (Å²) in [4.78, 5) is 28.0. The third-order valence-electron chi connectivity index (χ3n) is 4.56. The van der Waals surface area contributed by atoms with Crippen molar-refractivity contribution in [2.45, 2.75) is 28.4 Å². The van der Waals surface area contributed by atoms with Crippen molar-refractivity contribution < 1.29 is 14.3 Å². The number of rotatable bonds is 9. The van der Waals surface area contributed by atoms with Crippen molar-refractivity contribution in [2.24, 2.45) is 0 Å². The van der Waals surface area contributed by atoms with Crippen LogP contribution in [0.15, 0.2) is 63.9 Å². The third kappa shape index (κ3) is 5.32. The van der Waals surface area contributed by atoms with Crippen LogP contribution in [0.5, 0.6) is 0 Å². The highest BCUT2D eigenvalue weighted by molar-refractivity contribution is 8.00. The minimum Gasteiger partial charge on any atom is -0.465 e. The Bertz CT molecular complexity index is 1080. The number of pyridine rings is 1. The predicted octanol–water partition coefficient (Wildman–Crippen LogP) is 4.35. The van der Waals surface area contributed by atoms with E-state index in [4.69, 9.17) is 9.47 Å². The second-order valence-corrected chi connectivity index (χ2v) is 8.79. The zero-order chi connectivity index (χ0) is 22.3. The molecular formula is C22H23N5O3S2. The Kier molecular flexibility index (Phi) is 7.46. The van der Waals surface area contributed by atoms with Gasteiger partial charge < -0.3 is 14.8 Å². The van der Waals surface area contributed by atoms with Crippen molar-refractivity contribution in [2.75, 3.05) is 36.4 Å². The number of hydrogen-bond acceptors (Lipinski definition) is 10. The number of carbonyl (C=O) groups excluding carboxylic acids is 1. The Hall–Kier alpha value is -2.82. The lowest BCUT2D eigenvalue weighted by molar-refractivity contribution is -0.139. The molecule has 0 bridgehead atoms. The Balaban J connectivity index is 1.41. The minimum absolute atomic E-state index is 0.233. The van der Waals surface area contributed by atoms with E-state index in [1.807, 2.05) is 17.0 Å². The van der Waals surface area contributed by atoms with Crippen molar-refractivity contribution in [3.05, 3.63) is 54.5 Å². The van der Waals surface area contributed by atoms with Crippen LogP contribution in [-0.4, -0.2) is 47.1 Å². The van der Waals surface area contributed by atoms with Gasteiger partial charge in [-0.15, -0.1) is 0 Å². The standard InChI is InChI=1S/C22H23N5O3S2/c1-3-30-20(28)13-31-19-7-5-16(12-26-19)25-11-15-4-6-18-17(10-15)27(14-29-2)21-22(32-18)24-9-8-23-21/h4-10,12,25H,3,11,13-14H2,1-2H3. The van der Waals surface area contributed by atoms with Gasteiger partial charge in [0, 0.05) is 30.9 Å². The van der Waals surface area contributed by atoms with E-state index in [9.17, 15) is 4.79 Å². The number of nitrogens with zero attached hydrogens (tertiary/aromatic N) is 4. The van der Waals surface area contributed by atoms with E-state index in [0.717, 1.165) is 37.7 Å². The summed E-state index contributed by atoms with van der Waals surface area (Å²) in [5.41, 5.74) is 3.08. The Morgan fingerprint density at radius 1 is 1.19 bits per heavy atom. The molecule has 0 fully saturated rings. The van der Waals surface area contributed by atoms with E-state index in [1.165, 1.54) is 11.8 Å². The number of thioether (sulfide) groups is 1. The first kappa shape index (κ1) is 22.4. The fourth-order valence-corrected chi connectivity index (χ4v) is 4.76. The van der Waals surface area contributed by atoms with E-state index in [-0.39, 0.29) is 11.7 Å². The Labute approximate surface area is 195 Å². The first-order valence-corrected chi connectivity index (χ1v) is 11.8. The summed E-state index contributed by atoms with van der Waals surface area (Å²) in [5.74, 6) is 0.826. The second kappa shape index (κ2) is 10.7. The zero-order valence-corrected chi connectivity index (χ0v) is 19.4. The van der Waals surface area contributed by atoms with E-state index >= 15 is 0 Å². The van der Waals surface area contributed by atoms with Crippen molar-refractivity contribution in [3.8, 4) is 0 Å². The van der Waals surface area contributed by atoms with Crippen LogP contribution in [0, 0.1) is 0 Å². The van der Waals surface area contributed by atoms with Crippen molar-refractivity contribution in [1.82, 2.24) is 15.0 Å². The second-order valence-electron chi connectivity index (χ2n) is 6.77. The quantitative estimate of drug-likeness (QED) is 0.360. The molecule has 1 aliphatic heterocycles. The molecular weight excluding hydrogens is 446 g/mol. The van der Waals surface area contributed by atoms with Gasteiger partial charge >= 0.3 is 5.97 Å². The van der Waals surface area contributed by atoms with Gasteiger partial charge in [-0.3, -0.25) is 9.69 Å². The normalized spacial score (nSPS) is 12.1. The maximum Gasteiger partial charge on any atom is 0.316 e. The number of benzene rings is 1. The van der Waals surface area contributed by atoms with Gasteiger partial charge in [0.2, 0.25) is 0 Å². The highest BCUT2D eigenvalue weighted by Crippen LogP contribution is 2.46. The number of esters is 1. The summed E-state index contributed by atoms with van der Waals surface area (Å²) in [6.07, 6.45) is 5.17. The third-order valence-corrected chi connectivity index (χ3v) is 6.52. The largest absolute Gasteiger partial charge is 0.465 e. The van der Waals surface area contributed by atoms with Crippen LogP contribution in [0.1, 0.15) is 12.5 Å². The van der Waals surface area contributed by atoms with Gasteiger partial charge in [-0.2, -0.15) is 0 Å². The summed E-state index contributed by atoms with van der Waals surface area (Å²) in [6.45, 7) is 3.22. The maximum atomic E-state index is 11.5. The van der Waals surface area contributed by atoms with Gasteiger partial charge in [-0.1, -0.05) is 29.6 Å². The molecule has 0 saturated heterocycles. The van der Waals surface area contributed by atoms with Crippen LogP contribution in [0.25, 0.3) is 0 Å². The lowest BCUT2D eigenvalue weighted by atomic mass is 10.1. The monoisotopic (exact) mass is 469 g/mol. The minimum atomic E-state index is -0.233. The zero-order valence-electron chi connectivity index (χ0n) is 17.8. The fraction of sp³-hybridized carbons (Fsp3) is 0.273. The molecule has 1 aliphatic rings. The highest BCUT2D eigenvalue weighted by Gasteiger charge is 2.25. The summed E-state index contributed by atoms with van der Waals surface area (Å²) in [7, 11) is 1.67. The van der Waals surface area contributed by atoms with E-state index in [1.54, 1.807) is 44.4 Å². The number of aromatic nitrogens is 3. The first-order chi connectivity index (χ1) is 15.7. The van der Waals surface area contributed by atoms with Crippen LogP contribution in [0.4, 0.5) is 17.2 Å². The molecule has 3 heterocycles. The summed E-state index contributed by atoms with van der Waals surface area (Å²) >= 11 is 2.97. The number of nitrogens with one attached hydrogen (secondary N) is 1. The average molecular weight is 470 g/mol. The highest BCUT2D eigenvalue weighted by atomic mass is 32.2. The van der Waals surface area contributed by atoms with Crippen molar-refractivity contribution in [3.63, 3.8) is 0 Å². The van der Waals surface area contributed by atoms with Crippen LogP contribution in [0.2, 0.25) is 0 Å². The molecule has 4 rings (SSSR count). The van der Waals surface area contributed by atoms with E-state index in [2.05, 4.69) is 38.5 Å². The molecule has 0 atom stereocenters. The van der Waals surface area contributed by atoms with E-state index < -0.39 is 0 Å². The van der Waals surface area contributed by atoms with Crippen LogP contribution < -0.4 is 10.2 Å². The number of fused-ring (bicyclic) bond motifs is 2. The maximum absolute atomic E-state index is 11.5. The molecule has 32 heavy (non-hydrogen) atoms. The fourth-order valence-electron chi connectivity index (χ4n) is 3.13. The van der Waals surface area contributed by atoms with Gasteiger partial charge in [0.25, 0.3) is 0 Å². The van der Waals surface area contributed by atoms with Gasteiger partial charge in [0.15, 0.2) is 5.82 Å². The van der Waals surface area contributed by atoms with Gasteiger partial charge in [0.05, 0.1) is 35.0 Å².